The molecule has 4 rings (SSSR count). The van der Waals surface area contributed by atoms with Gasteiger partial charge in [0.2, 0.25) is 0 Å². The summed E-state index contributed by atoms with van der Waals surface area (Å²) < 4.78 is 1.04. The molecule has 2 heterocycles. The molecular formula is C15H12BrN3S. The van der Waals surface area contributed by atoms with Gasteiger partial charge < -0.3 is 5.73 Å². The van der Waals surface area contributed by atoms with Gasteiger partial charge in [0, 0.05) is 27.5 Å². The minimum atomic E-state index is 0.630. The van der Waals surface area contributed by atoms with Gasteiger partial charge >= 0.3 is 0 Å². The van der Waals surface area contributed by atoms with Crippen molar-refractivity contribution in [3.05, 3.63) is 39.9 Å². The highest BCUT2D eigenvalue weighted by atomic mass is 79.9. The van der Waals surface area contributed by atoms with Crippen LogP contribution in [0.15, 0.2) is 34.9 Å². The zero-order valence-corrected chi connectivity index (χ0v) is 13.0. The highest BCUT2D eigenvalue weighted by Crippen LogP contribution is 2.46. The Morgan fingerprint density at radius 1 is 1.25 bits per heavy atom. The molecule has 3 aromatic rings. The van der Waals surface area contributed by atoms with Crippen LogP contribution in [0.2, 0.25) is 0 Å². The third-order valence-electron chi connectivity index (χ3n) is 3.57. The fraction of sp³-hybridized carbons (Fsp3) is 0.200. The highest BCUT2D eigenvalue weighted by molar-refractivity contribution is 9.10. The van der Waals surface area contributed by atoms with E-state index in [0.717, 1.165) is 31.6 Å². The molecular weight excluding hydrogens is 334 g/mol. The largest absolute Gasteiger partial charge is 0.389 e. The predicted octanol–water partition coefficient (Wildman–Crippen LogP) is 4.58. The molecule has 0 unspecified atom stereocenters. The number of nitrogen functional groups attached to an aromatic ring is 1. The average Bonchev–Trinajstić information content (AvgIpc) is 3.24. The van der Waals surface area contributed by atoms with Crippen molar-refractivity contribution in [3.8, 4) is 11.3 Å². The summed E-state index contributed by atoms with van der Waals surface area (Å²) in [6.45, 7) is 0. The Morgan fingerprint density at radius 2 is 2.10 bits per heavy atom. The molecule has 2 N–H and O–H groups in total. The minimum Gasteiger partial charge on any atom is -0.389 e. The summed E-state index contributed by atoms with van der Waals surface area (Å²) >= 11 is 5.19. The van der Waals surface area contributed by atoms with E-state index < -0.39 is 0 Å². The number of rotatable bonds is 2. The average molecular weight is 346 g/mol. The maximum atomic E-state index is 6.18. The summed E-state index contributed by atoms with van der Waals surface area (Å²) in [6.07, 6.45) is 4.29. The zero-order valence-electron chi connectivity index (χ0n) is 10.6. The molecule has 1 aromatic carbocycles. The first-order valence-corrected chi connectivity index (χ1v) is 8.15. The second kappa shape index (κ2) is 4.53. The van der Waals surface area contributed by atoms with E-state index in [1.807, 2.05) is 24.4 Å². The van der Waals surface area contributed by atoms with Crippen LogP contribution >= 0.6 is 27.3 Å². The molecule has 20 heavy (non-hydrogen) atoms. The van der Waals surface area contributed by atoms with Gasteiger partial charge in [-0.05, 0) is 31.0 Å². The summed E-state index contributed by atoms with van der Waals surface area (Å²) in [7, 11) is 0. The van der Waals surface area contributed by atoms with E-state index in [1.54, 1.807) is 11.3 Å². The van der Waals surface area contributed by atoms with Crippen molar-refractivity contribution in [2.75, 3.05) is 5.73 Å². The molecule has 0 amide bonds. The van der Waals surface area contributed by atoms with Crippen LogP contribution in [0.1, 0.15) is 23.8 Å². The van der Waals surface area contributed by atoms with Gasteiger partial charge in [-0.15, -0.1) is 11.3 Å². The van der Waals surface area contributed by atoms with E-state index in [-0.39, 0.29) is 0 Å². The first-order chi connectivity index (χ1) is 9.74. The molecule has 0 aliphatic heterocycles. The minimum absolute atomic E-state index is 0.630. The van der Waals surface area contributed by atoms with Crippen molar-refractivity contribution in [1.29, 1.82) is 0 Å². The quantitative estimate of drug-likeness (QED) is 0.739. The number of nitrogens with zero attached hydrogens (tertiary/aromatic N) is 2. The normalized spacial score (nSPS) is 14.8. The molecule has 0 radical (unpaired) electrons. The van der Waals surface area contributed by atoms with Crippen molar-refractivity contribution in [1.82, 2.24) is 9.97 Å². The van der Waals surface area contributed by atoms with Crippen LogP contribution in [0, 0.1) is 0 Å². The van der Waals surface area contributed by atoms with Crippen LogP contribution in [-0.4, -0.2) is 9.97 Å². The summed E-state index contributed by atoms with van der Waals surface area (Å²) in [5.41, 5.74) is 9.03. The van der Waals surface area contributed by atoms with Crippen LogP contribution in [0.25, 0.3) is 22.2 Å². The van der Waals surface area contributed by atoms with Crippen LogP contribution in [0.5, 0.6) is 0 Å². The van der Waals surface area contributed by atoms with E-state index in [2.05, 4.69) is 27.0 Å². The number of thiazole rings is 1. The summed E-state index contributed by atoms with van der Waals surface area (Å²) in [5, 5.41) is 3.05. The van der Waals surface area contributed by atoms with Gasteiger partial charge in [0.25, 0.3) is 0 Å². The first-order valence-electron chi connectivity index (χ1n) is 6.54. The molecule has 1 saturated carbocycles. The highest BCUT2D eigenvalue weighted by Gasteiger charge is 2.28. The number of hydrogen-bond donors (Lipinski definition) is 1. The van der Waals surface area contributed by atoms with Gasteiger partial charge in [0.15, 0.2) is 0 Å². The first kappa shape index (κ1) is 12.3. The summed E-state index contributed by atoms with van der Waals surface area (Å²) in [5.74, 6) is 0.630. The maximum absolute atomic E-state index is 6.18. The van der Waals surface area contributed by atoms with Crippen molar-refractivity contribution >= 4 is 43.2 Å². The molecule has 1 aliphatic carbocycles. The number of anilines is 1. The Labute approximate surface area is 129 Å². The van der Waals surface area contributed by atoms with E-state index in [9.17, 15) is 0 Å². The van der Waals surface area contributed by atoms with Gasteiger partial charge in [0.05, 0.1) is 10.5 Å². The lowest BCUT2D eigenvalue weighted by Gasteiger charge is -2.05. The Morgan fingerprint density at radius 3 is 2.90 bits per heavy atom. The lowest BCUT2D eigenvalue weighted by atomic mass is 10.1. The van der Waals surface area contributed by atoms with Gasteiger partial charge in [-0.25, -0.2) is 4.98 Å². The molecule has 1 aliphatic rings. The number of fused-ring (bicyclic) bond motifs is 1. The Kier molecular flexibility index (Phi) is 2.79. The Hall–Kier alpha value is -1.46. The molecule has 100 valence electrons. The van der Waals surface area contributed by atoms with E-state index >= 15 is 0 Å². The van der Waals surface area contributed by atoms with Crippen molar-refractivity contribution in [2.45, 2.75) is 18.8 Å². The second-order valence-corrected chi connectivity index (χ2v) is 6.95. The fourth-order valence-electron chi connectivity index (χ4n) is 2.38. The van der Waals surface area contributed by atoms with Crippen molar-refractivity contribution in [3.63, 3.8) is 0 Å². The fourth-order valence-corrected chi connectivity index (χ4v) is 3.84. The van der Waals surface area contributed by atoms with E-state index in [0.29, 0.717) is 5.92 Å². The van der Waals surface area contributed by atoms with Crippen molar-refractivity contribution in [2.24, 2.45) is 0 Å². The van der Waals surface area contributed by atoms with Crippen LogP contribution in [0.3, 0.4) is 0 Å². The van der Waals surface area contributed by atoms with E-state index in [4.69, 9.17) is 10.7 Å². The molecule has 0 bridgehead atoms. The SMILES string of the molecule is Nc1sc(C2CC2)nc1-c1ccc(Br)c2cccnc12. The molecule has 2 aromatic heterocycles. The molecule has 1 fully saturated rings. The lowest BCUT2D eigenvalue weighted by molar-refractivity contribution is 1.09. The van der Waals surface area contributed by atoms with Gasteiger partial charge in [-0.1, -0.05) is 22.0 Å². The van der Waals surface area contributed by atoms with Crippen LogP contribution < -0.4 is 5.73 Å². The molecule has 0 atom stereocenters. The summed E-state index contributed by atoms with van der Waals surface area (Å²) in [4.78, 5) is 9.27. The molecule has 0 saturated heterocycles. The van der Waals surface area contributed by atoms with Crippen LogP contribution in [0.4, 0.5) is 5.00 Å². The number of nitrogens with two attached hydrogens (primary N) is 1. The second-order valence-electron chi connectivity index (χ2n) is 5.03. The number of halogens is 1. The summed E-state index contributed by atoms with van der Waals surface area (Å²) in [6, 6.07) is 8.08. The van der Waals surface area contributed by atoms with Gasteiger partial charge in [-0.3, -0.25) is 4.98 Å². The lowest BCUT2D eigenvalue weighted by Crippen LogP contribution is -1.90. The number of hydrogen-bond acceptors (Lipinski definition) is 4. The maximum Gasteiger partial charge on any atom is 0.114 e. The molecule has 0 spiro atoms. The monoisotopic (exact) mass is 345 g/mol. The predicted molar refractivity (Wildman–Crippen MR) is 86.9 cm³/mol. The number of pyridine rings is 1. The number of aromatic nitrogens is 2. The van der Waals surface area contributed by atoms with E-state index in [1.165, 1.54) is 17.8 Å². The third-order valence-corrected chi connectivity index (χ3v) is 5.31. The Balaban J connectivity index is 1.96. The standard InChI is InChI=1S/C15H12BrN3S/c16-11-6-5-10(12-9(11)2-1-7-18-12)13-14(17)20-15(19-13)8-3-4-8/h1-2,5-8H,3-4,17H2. The smallest absolute Gasteiger partial charge is 0.114 e. The molecule has 5 heteroatoms. The third kappa shape index (κ3) is 1.93. The van der Waals surface area contributed by atoms with Crippen LogP contribution in [-0.2, 0) is 0 Å². The topological polar surface area (TPSA) is 51.8 Å². The van der Waals surface area contributed by atoms with Gasteiger partial charge in [0.1, 0.15) is 10.7 Å². The Bertz CT molecular complexity index is 808. The number of benzene rings is 1. The zero-order chi connectivity index (χ0) is 13.7. The van der Waals surface area contributed by atoms with Gasteiger partial charge in [-0.2, -0.15) is 0 Å². The van der Waals surface area contributed by atoms with Crippen molar-refractivity contribution < 1.29 is 0 Å². The molecule has 3 nitrogen and oxygen atoms in total.